The summed E-state index contributed by atoms with van der Waals surface area (Å²) in [5.74, 6) is 2.55. The lowest BCUT2D eigenvalue weighted by Crippen LogP contribution is -2.06. The van der Waals surface area contributed by atoms with E-state index in [9.17, 15) is 5.26 Å². The second kappa shape index (κ2) is 8.45. The van der Waals surface area contributed by atoms with Gasteiger partial charge in [0, 0.05) is 16.7 Å². The number of allylic oxidation sites excluding steroid dienone is 3. The van der Waals surface area contributed by atoms with E-state index in [1.807, 2.05) is 73.7 Å². The van der Waals surface area contributed by atoms with E-state index in [-0.39, 0.29) is 0 Å². The third-order valence-corrected chi connectivity index (χ3v) is 6.53. The molecule has 1 aliphatic heterocycles. The summed E-state index contributed by atoms with van der Waals surface area (Å²) in [4.78, 5) is 4.73. The minimum Gasteiger partial charge on any atom is -0.493 e. The first-order chi connectivity index (χ1) is 16.1. The fourth-order valence-corrected chi connectivity index (χ4v) is 4.82. The van der Waals surface area contributed by atoms with Gasteiger partial charge < -0.3 is 14.2 Å². The zero-order valence-electron chi connectivity index (χ0n) is 18.4. The van der Waals surface area contributed by atoms with Crippen LogP contribution in [0, 0.1) is 18.3 Å². The standard InChI is InChI=1S/C27H20N2O3S/c1-16-8-10-22-19(12-16)18(20(15-28)27-29-21-6-4-5-7-26(21)33-27)14-24(32-22)17-9-11-23(30-2)25(13-17)31-3/h4-14H,1-3H3. The molecule has 162 valence electrons. The molecule has 0 amide bonds. The summed E-state index contributed by atoms with van der Waals surface area (Å²) in [5, 5.41) is 10.9. The Morgan fingerprint density at radius 1 is 1.00 bits per heavy atom. The van der Waals surface area contributed by atoms with Gasteiger partial charge in [-0.25, -0.2) is 4.98 Å². The fraction of sp³-hybridized carbons (Fsp3) is 0.111. The monoisotopic (exact) mass is 452 g/mol. The molecule has 0 unspecified atom stereocenters. The van der Waals surface area contributed by atoms with Crippen LogP contribution in [-0.4, -0.2) is 19.2 Å². The molecule has 0 saturated heterocycles. The van der Waals surface area contributed by atoms with Gasteiger partial charge in [0.15, 0.2) is 11.5 Å². The van der Waals surface area contributed by atoms with E-state index in [4.69, 9.17) is 19.2 Å². The highest BCUT2D eigenvalue weighted by Gasteiger charge is 2.24. The van der Waals surface area contributed by atoms with Gasteiger partial charge in [-0.3, -0.25) is 0 Å². The number of fused-ring (bicyclic) bond motifs is 2. The Morgan fingerprint density at radius 3 is 2.58 bits per heavy atom. The number of hydrogen-bond acceptors (Lipinski definition) is 6. The van der Waals surface area contributed by atoms with Gasteiger partial charge in [-0.05, 0) is 55.5 Å². The van der Waals surface area contributed by atoms with Crippen LogP contribution in [0.2, 0.25) is 0 Å². The zero-order chi connectivity index (χ0) is 22.9. The van der Waals surface area contributed by atoms with Crippen LogP contribution < -0.4 is 14.2 Å². The van der Waals surface area contributed by atoms with E-state index in [1.165, 1.54) is 11.3 Å². The first-order valence-electron chi connectivity index (χ1n) is 10.3. The van der Waals surface area contributed by atoms with Gasteiger partial charge in [0.2, 0.25) is 0 Å². The number of nitrogens with zero attached hydrogens (tertiary/aromatic N) is 2. The molecule has 0 bridgehead atoms. The van der Waals surface area contributed by atoms with Gasteiger partial charge in [-0.1, -0.05) is 23.8 Å². The number of aryl methyl sites for hydroxylation is 1. The van der Waals surface area contributed by atoms with E-state index >= 15 is 0 Å². The Hall–Kier alpha value is -4.08. The highest BCUT2D eigenvalue weighted by Crippen LogP contribution is 2.43. The van der Waals surface area contributed by atoms with Crippen LogP contribution >= 0.6 is 11.3 Å². The van der Waals surface area contributed by atoms with Crippen LogP contribution in [0.3, 0.4) is 0 Å². The summed E-state index contributed by atoms with van der Waals surface area (Å²) in [5.41, 5.74) is 4.95. The normalized spacial score (nSPS) is 14.1. The van der Waals surface area contributed by atoms with Gasteiger partial charge in [-0.2, -0.15) is 5.26 Å². The molecule has 1 aromatic heterocycles. The van der Waals surface area contributed by atoms with Crippen LogP contribution in [0.15, 0.2) is 66.7 Å². The molecule has 0 aliphatic carbocycles. The molecule has 5 nitrogen and oxygen atoms in total. The van der Waals surface area contributed by atoms with E-state index in [0.717, 1.165) is 32.5 Å². The molecular weight excluding hydrogens is 432 g/mol. The first kappa shape index (κ1) is 20.8. The SMILES string of the molecule is COc1ccc(C2=CC(=C(C#N)c3nc4ccccc4s3)c3cc(C)ccc3O2)cc1OC. The molecule has 1 aliphatic rings. The number of methoxy groups -OCH3 is 2. The summed E-state index contributed by atoms with van der Waals surface area (Å²) in [7, 11) is 3.20. The maximum Gasteiger partial charge on any atom is 0.161 e. The van der Waals surface area contributed by atoms with Crippen molar-refractivity contribution in [3.8, 4) is 23.3 Å². The Labute approximate surface area is 195 Å². The number of nitriles is 1. The van der Waals surface area contributed by atoms with Crippen molar-refractivity contribution in [2.45, 2.75) is 6.92 Å². The van der Waals surface area contributed by atoms with E-state index in [1.54, 1.807) is 14.2 Å². The lowest BCUT2D eigenvalue weighted by molar-refractivity contribution is 0.354. The molecule has 33 heavy (non-hydrogen) atoms. The maximum absolute atomic E-state index is 10.2. The summed E-state index contributed by atoms with van der Waals surface area (Å²) in [6.07, 6.45) is 1.91. The number of ether oxygens (including phenoxy) is 3. The molecule has 0 radical (unpaired) electrons. The average molecular weight is 453 g/mol. The van der Waals surface area contributed by atoms with Crippen LogP contribution in [0.5, 0.6) is 17.2 Å². The third kappa shape index (κ3) is 3.73. The number of benzene rings is 3. The number of rotatable bonds is 4. The molecule has 0 saturated carbocycles. The number of aromatic nitrogens is 1. The molecule has 0 atom stereocenters. The lowest BCUT2D eigenvalue weighted by Gasteiger charge is -2.22. The van der Waals surface area contributed by atoms with Crippen LogP contribution in [0.4, 0.5) is 0 Å². The minimum atomic E-state index is 0.518. The topological polar surface area (TPSA) is 64.4 Å². The minimum absolute atomic E-state index is 0.518. The smallest absolute Gasteiger partial charge is 0.161 e. The Kier molecular flexibility index (Phi) is 5.33. The van der Waals surface area contributed by atoms with Crippen molar-refractivity contribution in [1.29, 1.82) is 5.26 Å². The van der Waals surface area contributed by atoms with Crippen molar-refractivity contribution < 1.29 is 14.2 Å². The molecule has 4 aromatic rings. The summed E-state index contributed by atoms with van der Waals surface area (Å²) >= 11 is 1.51. The molecular formula is C27H20N2O3S. The summed E-state index contributed by atoms with van der Waals surface area (Å²) in [6.45, 7) is 2.02. The van der Waals surface area contributed by atoms with Crippen LogP contribution in [0.25, 0.3) is 27.1 Å². The van der Waals surface area contributed by atoms with Gasteiger partial charge in [-0.15, -0.1) is 11.3 Å². The quantitative estimate of drug-likeness (QED) is 0.331. The highest BCUT2D eigenvalue weighted by molar-refractivity contribution is 7.19. The van der Waals surface area contributed by atoms with Crippen LogP contribution in [0.1, 0.15) is 21.7 Å². The summed E-state index contributed by atoms with van der Waals surface area (Å²) in [6, 6.07) is 21.9. The second-order valence-corrected chi connectivity index (χ2v) is 8.60. The zero-order valence-corrected chi connectivity index (χ0v) is 19.2. The van der Waals surface area contributed by atoms with Crippen molar-refractivity contribution in [2.24, 2.45) is 0 Å². The molecule has 5 rings (SSSR count). The van der Waals surface area contributed by atoms with Crippen molar-refractivity contribution in [3.05, 3.63) is 88.4 Å². The van der Waals surface area contributed by atoms with Gasteiger partial charge in [0.1, 0.15) is 22.6 Å². The van der Waals surface area contributed by atoms with Crippen molar-refractivity contribution >= 4 is 38.5 Å². The Morgan fingerprint density at radius 2 is 1.82 bits per heavy atom. The predicted octanol–water partition coefficient (Wildman–Crippen LogP) is 6.49. The molecule has 2 heterocycles. The van der Waals surface area contributed by atoms with Crippen LogP contribution in [-0.2, 0) is 0 Å². The number of thiazole rings is 1. The predicted molar refractivity (Wildman–Crippen MR) is 131 cm³/mol. The maximum atomic E-state index is 10.2. The average Bonchev–Trinajstić information content (AvgIpc) is 3.28. The van der Waals surface area contributed by atoms with E-state index < -0.39 is 0 Å². The van der Waals surface area contributed by atoms with Gasteiger partial charge in [0.05, 0.1) is 30.0 Å². The van der Waals surface area contributed by atoms with Gasteiger partial charge >= 0.3 is 0 Å². The van der Waals surface area contributed by atoms with Crippen molar-refractivity contribution in [2.75, 3.05) is 14.2 Å². The van der Waals surface area contributed by atoms with Gasteiger partial charge in [0.25, 0.3) is 0 Å². The summed E-state index contributed by atoms with van der Waals surface area (Å²) < 4.78 is 18.2. The third-order valence-electron chi connectivity index (χ3n) is 5.48. The van der Waals surface area contributed by atoms with E-state index in [2.05, 4.69) is 6.07 Å². The first-order valence-corrected chi connectivity index (χ1v) is 11.2. The fourth-order valence-electron chi connectivity index (χ4n) is 3.84. The molecule has 3 aromatic carbocycles. The van der Waals surface area contributed by atoms with Crippen molar-refractivity contribution in [1.82, 2.24) is 4.98 Å². The molecule has 0 fully saturated rings. The second-order valence-electron chi connectivity index (χ2n) is 7.57. The van der Waals surface area contributed by atoms with E-state index in [0.29, 0.717) is 33.6 Å². The molecule has 0 spiro atoms. The largest absolute Gasteiger partial charge is 0.493 e. The highest BCUT2D eigenvalue weighted by atomic mass is 32.1. The number of hydrogen-bond donors (Lipinski definition) is 0. The Balaban J connectivity index is 1.74. The van der Waals surface area contributed by atoms with Crippen molar-refractivity contribution in [3.63, 3.8) is 0 Å². The lowest BCUT2D eigenvalue weighted by atomic mass is 9.94. The molecule has 6 heteroatoms. The Bertz CT molecular complexity index is 1460. The molecule has 0 N–H and O–H groups in total. The number of para-hydroxylation sites is 1.